The van der Waals surface area contributed by atoms with Crippen molar-refractivity contribution in [1.29, 1.82) is 5.26 Å². The van der Waals surface area contributed by atoms with Gasteiger partial charge in [-0.25, -0.2) is 9.37 Å². The van der Waals surface area contributed by atoms with Gasteiger partial charge in [-0.05, 0) is 62.1 Å². The fourth-order valence-corrected chi connectivity index (χ4v) is 6.29. The number of fused-ring (bicyclic) bond motifs is 1. The fourth-order valence-electron chi connectivity index (χ4n) is 6.18. The largest absolute Gasteiger partial charge is 0.451 e. The number of rotatable bonds is 7. The quantitative estimate of drug-likeness (QED) is 0.218. The molecule has 0 radical (unpaired) electrons. The molecule has 7 rings (SSSR count). The van der Waals surface area contributed by atoms with Crippen molar-refractivity contribution < 1.29 is 27.0 Å². The summed E-state index contributed by atoms with van der Waals surface area (Å²) >= 11 is 6.00. The van der Waals surface area contributed by atoms with E-state index in [2.05, 4.69) is 26.1 Å². The smallest absolute Gasteiger partial charge is 0.443 e. The van der Waals surface area contributed by atoms with Gasteiger partial charge in [-0.15, -0.1) is 0 Å². The maximum Gasteiger partial charge on any atom is 0.451 e. The molecule has 1 N–H and O–H groups in total. The van der Waals surface area contributed by atoms with Gasteiger partial charge in [0.05, 0.1) is 22.2 Å². The molecule has 238 valence electrons. The number of ether oxygens (including phenoxy) is 2. The van der Waals surface area contributed by atoms with Crippen molar-refractivity contribution >= 4 is 11.6 Å². The zero-order valence-electron chi connectivity index (χ0n) is 24.6. The third-order valence-corrected chi connectivity index (χ3v) is 9.12. The molecule has 9 nitrogen and oxygen atoms in total. The van der Waals surface area contributed by atoms with Crippen LogP contribution in [-0.2, 0) is 24.9 Å². The van der Waals surface area contributed by atoms with Gasteiger partial charge in [0.2, 0.25) is 5.82 Å². The summed E-state index contributed by atoms with van der Waals surface area (Å²) in [4.78, 5) is 14.5. The molecule has 3 aromatic heterocycles. The lowest BCUT2D eigenvalue weighted by Crippen LogP contribution is -2.40. The number of hydrogen-bond donors (Lipinski definition) is 1. The van der Waals surface area contributed by atoms with E-state index < -0.39 is 35.3 Å². The molecule has 14 heteroatoms. The van der Waals surface area contributed by atoms with Gasteiger partial charge >= 0.3 is 6.18 Å². The highest BCUT2D eigenvalue weighted by Gasteiger charge is 2.45. The van der Waals surface area contributed by atoms with E-state index in [9.17, 15) is 18.4 Å². The molecule has 1 aliphatic carbocycles. The zero-order chi connectivity index (χ0) is 32.3. The van der Waals surface area contributed by atoms with Crippen LogP contribution >= 0.6 is 11.6 Å². The number of halogens is 5. The van der Waals surface area contributed by atoms with Crippen LogP contribution in [0.4, 0.5) is 17.6 Å². The second-order valence-corrected chi connectivity index (χ2v) is 12.7. The molecule has 3 aliphatic rings. The number of nitriles is 1. The maximum absolute atomic E-state index is 16.0. The molecule has 2 fully saturated rings. The average Bonchev–Trinajstić information content (AvgIpc) is 3.42. The Morgan fingerprint density at radius 1 is 1.15 bits per heavy atom. The van der Waals surface area contributed by atoms with Crippen molar-refractivity contribution in [2.75, 3.05) is 13.1 Å². The molecule has 3 atom stereocenters. The Morgan fingerprint density at radius 2 is 1.98 bits per heavy atom. The summed E-state index contributed by atoms with van der Waals surface area (Å²) in [6.45, 7) is 2.77. The van der Waals surface area contributed by atoms with Gasteiger partial charge < -0.3 is 9.47 Å². The summed E-state index contributed by atoms with van der Waals surface area (Å²) in [7, 11) is 0. The molecule has 1 saturated carbocycles. The number of nitrogens with zero attached hydrogens (tertiary/aromatic N) is 6. The van der Waals surface area contributed by atoms with Gasteiger partial charge in [0.15, 0.2) is 17.3 Å². The second kappa shape index (κ2) is 11.2. The molecule has 2 unspecified atom stereocenters. The molecule has 1 saturated heterocycles. The summed E-state index contributed by atoms with van der Waals surface area (Å²) < 4.78 is 67.8. The molecule has 0 amide bonds. The van der Waals surface area contributed by atoms with Crippen molar-refractivity contribution in [2.45, 2.75) is 63.2 Å². The minimum atomic E-state index is -4.66. The third-order valence-electron chi connectivity index (χ3n) is 8.89. The Bertz CT molecular complexity index is 1820. The highest BCUT2D eigenvalue weighted by molar-refractivity contribution is 6.30. The summed E-state index contributed by atoms with van der Waals surface area (Å²) in [5.74, 6) is -1.95. The predicted molar refractivity (Wildman–Crippen MR) is 157 cm³/mol. The number of alkyl halides is 4. The lowest BCUT2D eigenvalue weighted by molar-refractivity contribution is -0.144. The topological polar surface area (TPSA) is 113 Å². The summed E-state index contributed by atoms with van der Waals surface area (Å²) in [6.07, 6.45) is -0.608. The van der Waals surface area contributed by atoms with Crippen molar-refractivity contribution in [3.63, 3.8) is 0 Å². The van der Waals surface area contributed by atoms with Gasteiger partial charge in [0, 0.05) is 49.5 Å². The van der Waals surface area contributed by atoms with Crippen LogP contribution in [0.2, 0.25) is 5.02 Å². The van der Waals surface area contributed by atoms with E-state index >= 15 is 4.39 Å². The van der Waals surface area contributed by atoms with Gasteiger partial charge in [-0.2, -0.15) is 23.5 Å². The number of nitrogens with one attached hydrogen (secondary N) is 1. The van der Waals surface area contributed by atoms with E-state index in [1.807, 2.05) is 22.1 Å². The van der Waals surface area contributed by atoms with E-state index in [4.69, 9.17) is 21.1 Å². The second-order valence-electron chi connectivity index (χ2n) is 12.2. The Balaban J connectivity index is 1.09. The average molecular weight is 654 g/mol. The number of aromatic nitrogens is 5. The van der Waals surface area contributed by atoms with Crippen molar-refractivity contribution in [3.05, 3.63) is 82.2 Å². The van der Waals surface area contributed by atoms with E-state index in [-0.39, 0.29) is 12.4 Å². The molecule has 46 heavy (non-hydrogen) atoms. The van der Waals surface area contributed by atoms with Crippen LogP contribution in [0, 0.1) is 16.7 Å². The summed E-state index contributed by atoms with van der Waals surface area (Å²) in [6, 6.07) is 13.0. The van der Waals surface area contributed by atoms with Crippen LogP contribution in [0.15, 0.2) is 48.8 Å². The van der Waals surface area contributed by atoms with Gasteiger partial charge in [-0.1, -0.05) is 23.7 Å². The minimum Gasteiger partial charge on any atom is -0.443 e. The number of piperidine rings is 1. The first kappa shape index (κ1) is 30.4. The van der Waals surface area contributed by atoms with Crippen LogP contribution in [0.5, 0.6) is 11.5 Å². The van der Waals surface area contributed by atoms with Gasteiger partial charge in [-0.3, -0.25) is 20.0 Å². The molecule has 1 aromatic carbocycles. The Kier molecular flexibility index (Phi) is 7.40. The van der Waals surface area contributed by atoms with Crippen LogP contribution in [0.3, 0.4) is 0 Å². The Morgan fingerprint density at radius 3 is 2.65 bits per heavy atom. The number of likely N-dealkylation sites (tertiary alicyclic amines) is 1. The number of aromatic amines is 1. The fraction of sp³-hybridized carbons (Fsp3) is 0.406. The Hall–Kier alpha value is -4.28. The number of H-pyrrole nitrogens is 1. The van der Waals surface area contributed by atoms with Gasteiger partial charge in [0.25, 0.3) is 5.79 Å². The SMILES string of the molecule is C[C@]1(c2ccc(Cl)cn2)Oc2cccc(C3CCN(Cc4ncc(-c5n[nH]c(C(F)(F)F)n5)cc4CC4(C#N)CC4)CC3F)c2O1. The number of para-hydroxylation sites is 1. The molecule has 5 heterocycles. The molecule has 0 bridgehead atoms. The lowest BCUT2D eigenvalue weighted by Gasteiger charge is -2.35. The van der Waals surface area contributed by atoms with Crippen molar-refractivity contribution in [2.24, 2.45) is 5.41 Å². The normalized spacial score (nSPS) is 23.7. The first-order chi connectivity index (χ1) is 22.0. The highest BCUT2D eigenvalue weighted by atomic mass is 35.5. The zero-order valence-corrected chi connectivity index (χ0v) is 25.4. The van der Waals surface area contributed by atoms with E-state index in [0.717, 1.165) is 18.4 Å². The molecule has 4 aromatic rings. The minimum absolute atomic E-state index is 0.132. The molecular formula is C32H28ClF4N7O2. The summed E-state index contributed by atoms with van der Waals surface area (Å²) in [5, 5.41) is 15.9. The number of pyridine rings is 2. The molecule has 2 aliphatic heterocycles. The van der Waals surface area contributed by atoms with Crippen LogP contribution in [-0.4, -0.2) is 49.3 Å². The standard InChI is InChI=1S/C32H28ClF4N7O2/c1-30(26-6-5-20(33)14-40-26)45-25-4-2-3-22(27(25)46-30)21-7-10-44(15-23(21)34)16-24-18(12-31(17-38)8-9-31)11-19(13-39-24)28-41-29(43-42-28)32(35,36)37/h2-6,11,13-14,21,23H,7-10,12,15-16H2,1H3,(H,41,42,43)/t21?,23?,30-/m0/s1. The van der Waals surface area contributed by atoms with Crippen LogP contribution in [0.1, 0.15) is 60.4 Å². The van der Waals surface area contributed by atoms with Crippen LogP contribution in [0.25, 0.3) is 11.4 Å². The van der Waals surface area contributed by atoms with E-state index in [1.54, 1.807) is 31.2 Å². The van der Waals surface area contributed by atoms with E-state index in [0.29, 0.717) is 65.0 Å². The van der Waals surface area contributed by atoms with Gasteiger partial charge in [0.1, 0.15) is 11.9 Å². The Labute approximate surface area is 266 Å². The monoisotopic (exact) mass is 653 g/mol. The maximum atomic E-state index is 16.0. The third kappa shape index (κ3) is 5.76. The molecular weight excluding hydrogens is 626 g/mol. The first-order valence-electron chi connectivity index (χ1n) is 14.8. The van der Waals surface area contributed by atoms with Crippen LogP contribution < -0.4 is 9.47 Å². The van der Waals surface area contributed by atoms with Crippen molar-refractivity contribution in [1.82, 2.24) is 30.0 Å². The summed E-state index contributed by atoms with van der Waals surface area (Å²) in [5.41, 5.74) is 2.39. The molecule has 0 spiro atoms. The number of hydrogen-bond acceptors (Lipinski definition) is 8. The number of benzene rings is 1. The highest BCUT2D eigenvalue weighted by Crippen LogP contribution is 2.50. The predicted octanol–water partition coefficient (Wildman–Crippen LogP) is 6.75. The van der Waals surface area contributed by atoms with Crippen molar-refractivity contribution in [3.8, 4) is 29.0 Å². The lowest BCUT2D eigenvalue weighted by atomic mass is 9.87. The van der Waals surface area contributed by atoms with E-state index in [1.165, 1.54) is 12.4 Å². The first-order valence-corrected chi connectivity index (χ1v) is 15.2.